The van der Waals surface area contributed by atoms with Crippen molar-refractivity contribution in [1.29, 1.82) is 0 Å². The van der Waals surface area contributed by atoms with Crippen LogP contribution in [0, 0.1) is 11.8 Å². The molecular weight excluding hydrogens is 196 g/mol. The van der Waals surface area contributed by atoms with Crippen LogP contribution in [0.3, 0.4) is 0 Å². The lowest BCUT2D eigenvalue weighted by molar-refractivity contribution is 0.0429. The number of hydrogen-bond donors (Lipinski definition) is 1. The summed E-state index contributed by atoms with van der Waals surface area (Å²) < 4.78 is 0. The second kappa shape index (κ2) is 3.71. The molecule has 92 valence electrons. The van der Waals surface area contributed by atoms with E-state index in [1.165, 1.54) is 38.8 Å². The maximum absolute atomic E-state index is 3.67. The van der Waals surface area contributed by atoms with Crippen LogP contribution in [0.5, 0.6) is 0 Å². The highest BCUT2D eigenvalue weighted by atomic mass is 15.3. The molecule has 16 heavy (non-hydrogen) atoms. The van der Waals surface area contributed by atoms with Crippen LogP contribution in [0.15, 0.2) is 0 Å². The molecule has 0 aromatic rings. The summed E-state index contributed by atoms with van der Waals surface area (Å²) in [5.74, 6) is 2.09. The summed E-state index contributed by atoms with van der Waals surface area (Å²) in [6.45, 7) is 9.51. The minimum absolute atomic E-state index is 0.314. The van der Waals surface area contributed by atoms with E-state index in [2.05, 4.69) is 31.0 Å². The predicted octanol–water partition coefficient (Wildman–Crippen LogP) is 2.25. The van der Waals surface area contributed by atoms with E-state index in [4.69, 9.17) is 0 Å². The van der Waals surface area contributed by atoms with Gasteiger partial charge in [0.05, 0.1) is 0 Å². The van der Waals surface area contributed by atoms with E-state index >= 15 is 0 Å². The zero-order valence-electron chi connectivity index (χ0n) is 11.0. The van der Waals surface area contributed by atoms with Crippen molar-refractivity contribution in [1.82, 2.24) is 10.2 Å². The van der Waals surface area contributed by atoms with E-state index in [-0.39, 0.29) is 0 Å². The van der Waals surface area contributed by atoms with Gasteiger partial charge in [0.15, 0.2) is 0 Å². The molecule has 3 fully saturated rings. The smallest absolute Gasteiger partial charge is 0.0253 e. The van der Waals surface area contributed by atoms with Crippen molar-refractivity contribution in [3.8, 4) is 0 Å². The zero-order chi connectivity index (χ0) is 11.3. The Morgan fingerprint density at radius 3 is 2.19 bits per heavy atom. The third kappa shape index (κ3) is 2.14. The number of rotatable bonds is 3. The average molecular weight is 222 g/mol. The fraction of sp³-hybridized carbons (Fsp3) is 1.00. The van der Waals surface area contributed by atoms with E-state index in [0.29, 0.717) is 5.54 Å². The van der Waals surface area contributed by atoms with Gasteiger partial charge in [0.2, 0.25) is 0 Å². The van der Waals surface area contributed by atoms with Crippen LogP contribution in [0.25, 0.3) is 0 Å². The summed E-state index contributed by atoms with van der Waals surface area (Å²) in [5, 5.41) is 3.67. The maximum Gasteiger partial charge on any atom is 0.0253 e. The third-order valence-electron chi connectivity index (χ3n) is 4.61. The van der Waals surface area contributed by atoms with Gasteiger partial charge in [0.1, 0.15) is 0 Å². The molecule has 2 nitrogen and oxygen atoms in total. The quantitative estimate of drug-likeness (QED) is 0.788. The fourth-order valence-corrected chi connectivity index (χ4v) is 3.41. The Labute approximate surface area is 99.8 Å². The standard InChI is InChI=1S/C14H26N2/c1-10-8-15-14(2,3)9-16(10)13(11-4-5-11)12-6-7-12/h10-13,15H,4-9H2,1-3H3. The van der Waals surface area contributed by atoms with E-state index in [1.807, 2.05) is 0 Å². The Morgan fingerprint density at radius 1 is 1.12 bits per heavy atom. The number of nitrogens with one attached hydrogen (secondary N) is 1. The lowest BCUT2D eigenvalue weighted by Gasteiger charge is -2.47. The fourth-order valence-electron chi connectivity index (χ4n) is 3.41. The van der Waals surface area contributed by atoms with Crippen molar-refractivity contribution in [3.63, 3.8) is 0 Å². The number of piperazine rings is 1. The summed E-state index contributed by atoms with van der Waals surface area (Å²) in [5.41, 5.74) is 0.314. The van der Waals surface area contributed by atoms with Crippen LogP contribution in [0.1, 0.15) is 46.5 Å². The molecular formula is C14H26N2. The first kappa shape index (κ1) is 11.0. The Morgan fingerprint density at radius 2 is 1.69 bits per heavy atom. The van der Waals surface area contributed by atoms with Crippen molar-refractivity contribution < 1.29 is 0 Å². The van der Waals surface area contributed by atoms with Gasteiger partial charge in [0.25, 0.3) is 0 Å². The molecule has 0 spiro atoms. The Hall–Kier alpha value is -0.0800. The lowest BCUT2D eigenvalue weighted by atomic mass is 9.94. The van der Waals surface area contributed by atoms with Gasteiger partial charge in [-0.3, -0.25) is 4.90 Å². The van der Waals surface area contributed by atoms with E-state index in [9.17, 15) is 0 Å². The van der Waals surface area contributed by atoms with Crippen LogP contribution in [-0.2, 0) is 0 Å². The molecule has 2 saturated carbocycles. The summed E-state index contributed by atoms with van der Waals surface area (Å²) in [7, 11) is 0. The van der Waals surface area contributed by atoms with Gasteiger partial charge >= 0.3 is 0 Å². The molecule has 2 aliphatic carbocycles. The summed E-state index contributed by atoms with van der Waals surface area (Å²) >= 11 is 0. The van der Waals surface area contributed by atoms with Gasteiger partial charge in [0, 0.05) is 30.7 Å². The van der Waals surface area contributed by atoms with Gasteiger partial charge in [-0.25, -0.2) is 0 Å². The molecule has 0 aromatic carbocycles. The van der Waals surface area contributed by atoms with Crippen molar-refractivity contribution in [2.24, 2.45) is 11.8 Å². The second-order valence-electron chi connectivity index (χ2n) is 6.95. The highest BCUT2D eigenvalue weighted by Crippen LogP contribution is 2.48. The van der Waals surface area contributed by atoms with Crippen LogP contribution in [0.4, 0.5) is 0 Å². The van der Waals surface area contributed by atoms with Gasteiger partial charge in [-0.05, 0) is 58.3 Å². The normalized spacial score (nSPS) is 35.6. The minimum atomic E-state index is 0.314. The second-order valence-corrected chi connectivity index (χ2v) is 6.95. The number of nitrogens with zero attached hydrogens (tertiary/aromatic N) is 1. The molecule has 2 heteroatoms. The summed E-state index contributed by atoms with van der Waals surface area (Å²) in [4.78, 5) is 2.84. The van der Waals surface area contributed by atoms with Crippen molar-refractivity contribution in [2.75, 3.05) is 13.1 Å². The first-order valence-corrected chi connectivity index (χ1v) is 7.07. The molecule has 3 rings (SSSR count). The van der Waals surface area contributed by atoms with Crippen LogP contribution in [-0.4, -0.2) is 35.6 Å². The molecule has 1 heterocycles. The Bertz CT molecular complexity index is 254. The maximum atomic E-state index is 3.67. The zero-order valence-corrected chi connectivity index (χ0v) is 11.0. The monoisotopic (exact) mass is 222 g/mol. The Balaban J connectivity index is 1.74. The molecule has 0 bridgehead atoms. The molecule has 0 amide bonds. The van der Waals surface area contributed by atoms with Gasteiger partial charge in [-0.15, -0.1) is 0 Å². The van der Waals surface area contributed by atoms with Crippen LogP contribution in [0.2, 0.25) is 0 Å². The van der Waals surface area contributed by atoms with Crippen LogP contribution >= 0.6 is 0 Å². The lowest BCUT2D eigenvalue weighted by Crippen LogP contribution is -2.63. The molecule has 1 aliphatic heterocycles. The van der Waals surface area contributed by atoms with Crippen molar-refractivity contribution in [3.05, 3.63) is 0 Å². The largest absolute Gasteiger partial charge is 0.309 e. The molecule has 3 aliphatic rings. The highest BCUT2D eigenvalue weighted by molar-refractivity contribution is 5.02. The van der Waals surface area contributed by atoms with E-state index in [0.717, 1.165) is 23.9 Å². The molecule has 0 radical (unpaired) electrons. The first-order valence-electron chi connectivity index (χ1n) is 7.07. The number of hydrogen-bond acceptors (Lipinski definition) is 2. The van der Waals surface area contributed by atoms with Crippen molar-refractivity contribution >= 4 is 0 Å². The summed E-state index contributed by atoms with van der Waals surface area (Å²) in [6.07, 6.45) is 5.99. The van der Waals surface area contributed by atoms with E-state index < -0.39 is 0 Å². The molecule has 1 atom stereocenters. The molecule has 1 unspecified atom stereocenters. The van der Waals surface area contributed by atoms with Crippen LogP contribution < -0.4 is 5.32 Å². The first-order chi connectivity index (χ1) is 7.57. The molecule has 0 aromatic heterocycles. The molecule has 1 saturated heterocycles. The highest BCUT2D eigenvalue weighted by Gasteiger charge is 2.47. The van der Waals surface area contributed by atoms with Crippen molar-refractivity contribution in [2.45, 2.75) is 64.1 Å². The molecule has 1 N–H and O–H groups in total. The topological polar surface area (TPSA) is 15.3 Å². The summed E-state index contributed by atoms with van der Waals surface area (Å²) in [6, 6.07) is 1.66. The van der Waals surface area contributed by atoms with E-state index in [1.54, 1.807) is 0 Å². The SMILES string of the molecule is CC1CNC(C)(C)CN1C(C1CC1)C1CC1. The van der Waals surface area contributed by atoms with Gasteiger partial charge in [-0.2, -0.15) is 0 Å². The van der Waals surface area contributed by atoms with Gasteiger partial charge < -0.3 is 5.32 Å². The average Bonchev–Trinajstić information content (AvgIpc) is 3.04. The predicted molar refractivity (Wildman–Crippen MR) is 67.5 cm³/mol. The Kier molecular flexibility index (Phi) is 2.56. The van der Waals surface area contributed by atoms with Gasteiger partial charge in [-0.1, -0.05) is 0 Å². The minimum Gasteiger partial charge on any atom is -0.309 e. The third-order valence-corrected chi connectivity index (χ3v) is 4.61.